The van der Waals surface area contributed by atoms with Crippen LogP contribution in [0, 0.1) is 17.8 Å². The highest BCUT2D eigenvalue weighted by Crippen LogP contribution is 2.42. The molecule has 1 saturated heterocycles. The number of amides is 2. The van der Waals surface area contributed by atoms with Crippen LogP contribution in [0.1, 0.15) is 47.0 Å². The zero-order valence-electron chi connectivity index (χ0n) is 13.6. The Bertz CT molecular complexity index is 408. The normalized spacial score (nSPS) is 28.3. The van der Waals surface area contributed by atoms with Crippen LogP contribution in [0.2, 0.25) is 0 Å². The molecule has 3 atom stereocenters. The minimum atomic E-state index is -0.842. The maximum absolute atomic E-state index is 12.9. The van der Waals surface area contributed by atoms with Crippen molar-refractivity contribution in [2.45, 2.75) is 59.0 Å². The maximum Gasteiger partial charge on any atom is 0.326 e. The van der Waals surface area contributed by atoms with E-state index in [1.54, 1.807) is 4.90 Å². The van der Waals surface area contributed by atoms with E-state index in [0.717, 1.165) is 19.3 Å². The van der Waals surface area contributed by atoms with Crippen LogP contribution >= 0.6 is 0 Å². The zero-order valence-corrected chi connectivity index (χ0v) is 13.6. The van der Waals surface area contributed by atoms with Crippen LogP contribution in [0.15, 0.2) is 0 Å². The molecule has 3 unspecified atom stereocenters. The van der Waals surface area contributed by atoms with Gasteiger partial charge in [0, 0.05) is 19.1 Å². The summed E-state index contributed by atoms with van der Waals surface area (Å²) in [4.78, 5) is 28.0. The van der Waals surface area contributed by atoms with Crippen molar-refractivity contribution in [3.8, 4) is 0 Å². The molecule has 2 rings (SSSR count). The fourth-order valence-electron chi connectivity index (χ4n) is 3.89. The smallest absolute Gasteiger partial charge is 0.326 e. The van der Waals surface area contributed by atoms with Crippen molar-refractivity contribution in [3.63, 3.8) is 0 Å². The average Bonchev–Trinajstić information content (AvgIpc) is 2.93. The quantitative estimate of drug-likeness (QED) is 0.867. The van der Waals surface area contributed by atoms with E-state index in [2.05, 4.69) is 13.8 Å². The molecule has 0 aromatic heterocycles. The molecule has 1 saturated carbocycles. The number of urea groups is 1. The average molecular weight is 296 g/mol. The van der Waals surface area contributed by atoms with Gasteiger partial charge in [0.15, 0.2) is 0 Å². The minimum Gasteiger partial charge on any atom is -0.480 e. The van der Waals surface area contributed by atoms with Gasteiger partial charge in [-0.05, 0) is 44.4 Å². The second-order valence-electron chi connectivity index (χ2n) is 7.21. The summed E-state index contributed by atoms with van der Waals surface area (Å²) in [7, 11) is 0. The van der Waals surface area contributed by atoms with E-state index in [4.69, 9.17) is 0 Å². The van der Waals surface area contributed by atoms with E-state index in [-0.39, 0.29) is 18.0 Å². The van der Waals surface area contributed by atoms with E-state index >= 15 is 0 Å². The van der Waals surface area contributed by atoms with E-state index in [0.29, 0.717) is 24.9 Å². The first-order valence-corrected chi connectivity index (χ1v) is 8.13. The number of carboxylic acid groups (broad SMARTS) is 1. The number of aliphatic carboxylic acids is 1. The number of carboxylic acids is 1. The van der Waals surface area contributed by atoms with E-state index in [9.17, 15) is 14.7 Å². The number of likely N-dealkylation sites (tertiary alicyclic amines) is 1. The van der Waals surface area contributed by atoms with Crippen molar-refractivity contribution in [3.05, 3.63) is 0 Å². The molecule has 5 heteroatoms. The Morgan fingerprint density at radius 2 is 1.90 bits per heavy atom. The summed E-state index contributed by atoms with van der Waals surface area (Å²) in [6, 6.07) is -0.631. The van der Waals surface area contributed by atoms with Crippen LogP contribution in [0.5, 0.6) is 0 Å². The van der Waals surface area contributed by atoms with Crippen LogP contribution in [0.4, 0.5) is 4.79 Å². The lowest BCUT2D eigenvalue weighted by molar-refractivity contribution is -0.142. The predicted octanol–water partition coefficient (Wildman–Crippen LogP) is 2.66. The van der Waals surface area contributed by atoms with Gasteiger partial charge in [-0.25, -0.2) is 9.59 Å². The summed E-state index contributed by atoms with van der Waals surface area (Å²) in [6.07, 6.45) is 3.10. The summed E-state index contributed by atoms with van der Waals surface area (Å²) in [5.74, 6) is 0.0651. The van der Waals surface area contributed by atoms with Gasteiger partial charge in [0.2, 0.25) is 0 Å². The van der Waals surface area contributed by atoms with Gasteiger partial charge in [-0.2, -0.15) is 0 Å². The molecule has 2 aliphatic rings. The first-order chi connectivity index (χ1) is 9.82. The Morgan fingerprint density at radius 3 is 2.43 bits per heavy atom. The fraction of sp³-hybridized carbons (Fsp3) is 0.875. The highest BCUT2D eigenvalue weighted by molar-refractivity contribution is 5.84. The molecule has 1 aliphatic heterocycles. The SMILES string of the molecule is CC(C)CN(C(=O)N1CC2CCCC2C1C(=O)O)C(C)C. The van der Waals surface area contributed by atoms with Crippen molar-refractivity contribution in [1.29, 1.82) is 0 Å². The van der Waals surface area contributed by atoms with Crippen molar-refractivity contribution in [2.75, 3.05) is 13.1 Å². The van der Waals surface area contributed by atoms with Crippen molar-refractivity contribution >= 4 is 12.0 Å². The summed E-state index contributed by atoms with van der Waals surface area (Å²) in [6.45, 7) is 9.43. The summed E-state index contributed by atoms with van der Waals surface area (Å²) >= 11 is 0. The molecule has 120 valence electrons. The van der Waals surface area contributed by atoms with E-state index in [1.807, 2.05) is 18.7 Å². The standard InChI is InChI=1S/C16H28N2O3/c1-10(2)8-17(11(3)4)16(21)18-9-12-6-5-7-13(12)14(18)15(19)20/h10-14H,5-9H2,1-4H3,(H,19,20). The molecule has 5 nitrogen and oxygen atoms in total. The first-order valence-electron chi connectivity index (χ1n) is 8.13. The molecule has 0 aromatic carbocycles. The molecular weight excluding hydrogens is 268 g/mol. The summed E-state index contributed by atoms with van der Waals surface area (Å²) in [5, 5.41) is 9.57. The molecule has 2 amide bonds. The van der Waals surface area contributed by atoms with E-state index < -0.39 is 12.0 Å². The Morgan fingerprint density at radius 1 is 1.24 bits per heavy atom. The van der Waals surface area contributed by atoms with Crippen molar-refractivity contribution < 1.29 is 14.7 Å². The van der Waals surface area contributed by atoms with Crippen molar-refractivity contribution in [1.82, 2.24) is 9.80 Å². The summed E-state index contributed by atoms with van der Waals surface area (Å²) in [5.41, 5.74) is 0. The van der Waals surface area contributed by atoms with Gasteiger partial charge in [0.05, 0.1) is 0 Å². The molecule has 21 heavy (non-hydrogen) atoms. The number of carbonyl (C=O) groups is 2. The number of fused-ring (bicyclic) bond motifs is 1. The predicted molar refractivity (Wildman–Crippen MR) is 81.0 cm³/mol. The third kappa shape index (κ3) is 3.16. The molecular formula is C16H28N2O3. The number of nitrogens with zero attached hydrogens (tertiary/aromatic N) is 2. The monoisotopic (exact) mass is 296 g/mol. The highest BCUT2D eigenvalue weighted by atomic mass is 16.4. The van der Waals surface area contributed by atoms with Gasteiger partial charge >= 0.3 is 12.0 Å². The van der Waals surface area contributed by atoms with Gasteiger partial charge in [-0.1, -0.05) is 20.3 Å². The Kier molecular flexibility index (Phi) is 4.79. The van der Waals surface area contributed by atoms with E-state index in [1.165, 1.54) is 0 Å². The topological polar surface area (TPSA) is 60.9 Å². The number of hydrogen-bond acceptors (Lipinski definition) is 2. The second kappa shape index (κ2) is 6.24. The van der Waals surface area contributed by atoms with Gasteiger partial charge < -0.3 is 14.9 Å². The Hall–Kier alpha value is -1.26. The lowest BCUT2D eigenvalue weighted by Gasteiger charge is -2.35. The number of carbonyl (C=O) groups excluding carboxylic acids is 1. The first kappa shape index (κ1) is 16.1. The van der Waals surface area contributed by atoms with Crippen LogP contribution in [0.3, 0.4) is 0 Å². The zero-order chi connectivity index (χ0) is 15.7. The molecule has 2 fully saturated rings. The van der Waals surface area contributed by atoms with Crippen molar-refractivity contribution in [2.24, 2.45) is 17.8 Å². The molecule has 1 aliphatic carbocycles. The van der Waals surface area contributed by atoms with Crippen LogP contribution < -0.4 is 0 Å². The highest BCUT2D eigenvalue weighted by Gasteiger charge is 2.50. The van der Waals surface area contributed by atoms with Gasteiger partial charge in [0.1, 0.15) is 6.04 Å². The largest absolute Gasteiger partial charge is 0.480 e. The number of rotatable bonds is 4. The molecule has 0 bridgehead atoms. The molecule has 1 heterocycles. The minimum absolute atomic E-state index is 0.0924. The third-order valence-electron chi connectivity index (χ3n) is 4.82. The van der Waals surface area contributed by atoms with Gasteiger partial charge in [-0.15, -0.1) is 0 Å². The number of hydrogen-bond donors (Lipinski definition) is 1. The fourth-order valence-corrected chi connectivity index (χ4v) is 3.89. The van der Waals surface area contributed by atoms with Crippen LogP contribution in [-0.4, -0.2) is 52.1 Å². The van der Waals surface area contributed by atoms with Crippen LogP contribution in [0.25, 0.3) is 0 Å². The molecule has 0 spiro atoms. The Labute approximate surface area is 127 Å². The van der Waals surface area contributed by atoms with Gasteiger partial charge in [0.25, 0.3) is 0 Å². The molecule has 0 radical (unpaired) electrons. The Balaban J connectivity index is 2.18. The lowest BCUT2D eigenvalue weighted by atomic mass is 9.94. The van der Waals surface area contributed by atoms with Gasteiger partial charge in [-0.3, -0.25) is 0 Å². The second-order valence-corrected chi connectivity index (χ2v) is 7.21. The third-order valence-corrected chi connectivity index (χ3v) is 4.82. The molecule has 1 N–H and O–H groups in total. The maximum atomic E-state index is 12.9. The molecule has 0 aromatic rings. The van der Waals surface area contributed by atoms with Crippen LogP contribution in [-0.2, 0) is 4.79 Å². The summed E-state index contributed by atoms with van der Waals surface area (Å²) < 4.78 is 0. The lowest BCUT2D eigenvalue weighted by Crippen LogP contribution is -2.52.